The third kappa shape index (κ3) is 5.03. The van der Waals surface area contributed by atoms with Crippen LogP contribution in [0.15, 0.2) is 90.5 Å². The number of anilines is 1. The molecule has 2 aliphatic carbocycles. The van der Waals surface area contributed by atoms with Crippen LogP contribution in [0.1, 0.15) is 35.1 Å². The van der Waals surface area contributed by atoms with Crippen LogP contribution >= 0.6 is 0 Å². The van der Waals surface area contributed by atoms with Crippen LogP contribution in [-0.4, -0.2) is 25.8 Å². The minimum atomic E-state index is -0.436. The summed E-state index contributed by atoms with van der Waals surface area (Å²) in [5.74, 6) is 0.356. The Morgan fingerprint density at radius 2 is 1.69 bits per heavy atom. The molecule has 0 fully saturated rings. The van der Waals surface area contributed by atoms with Gasteiger partial charge in [-0.25, -0.2) is 0 Å². The average molecular weight is 478 g/mol. The van der Waals surface area contributed by atoms with E-state index in [1.165, 1.54) is 22.3 Å². The van der Waals surface area contributed by atoms with Gasteiger partial charge in [0, 0.05) is 31.5 Å². The molecule has 182 valence electrons. The molecule has 36 heavy (non-hydrogen) atoms. The highest BCUT2D eigenvalue weighted by molar-refractivity contribution is 6.00. The maximum Gasteiger partial charge on any atom is 0.230 e. The highest BCUT2D eigenvalue weighted by atomic mass is 16.5. The Bertz CT molecular complexity index is 1350. The monoisotopic (exact) mass is 477 g/mol. The van der Waals surface area contributed by atoms with Crippen molar-refractivity contribution in [1.29, 1.82) is 0 Å². The molecule has 0 aromatic heterocycles. The number of hydrogen-bond acceptors (Lipinski definition) is 3. The molecule has 0 aliphatic heterocycles. The Morgan fingerprint density at radius 1 is 0.917 bits per heavy atom. The van der Waals surface area contributed by atoms with E-state index in [0.717, 1.165) is 35.4 Å². The average Bonchev–Trinajstić information content (AvgIpc) is 3.24. The van der Waals surface area contributed by atoms with Gasteiger partial charge in [0.2, 0.25) is 5.91 Å². The number of hydrogen-bond donors (Lipinski definition) is 0. The smallest absolute Gasteiger partial charge is 0.230 e. The predicted octanol–water partition coefficient (Wildman–Crippen LogP) is 5.99. The number of rotatable bonds is 3. The molecule has 2 aliphatic rings. The highest BCUT2D eigenvalue weighted by Gasteiger charge is 2.28. The first kappa shape index (κ1) is 23.8. The topological polar surface area (TPSA) is 46.6 Å². The van der Waals surface area contributed by atoms with Gasteiger partial charge in [-0.05, 0) is 76.9 Å². The lowest BCUT2D eigenvalue weighted by Gasteiger charge is -2.24. The Kier molecular flexibility index (Phi) is 6.86. The number of carbonyl (C=O) groups is 2. The summed E-state index contributed by atoms with van der Waals surface area (Å²) in [6.07, 6.45) is 7.15. The summed E-state index contributed by atoms with van der Waals surface area (Å²) in [6, 6.07) is 24.2. The second-order valence-corrected chi connectivity index (χ2v) is 9.68. The normalized spacial score (nSPS) is 18.3. The van der Waals surface area contributed by atoms with Crippen LogP contribution in [0, 0.1) is 5.92 Å². The molecule has 0 saturated carbocycles. The summed E-state index contributed by atoms with van der Waals surface area (Å²) in [5.41, 5.74) is 7.82. The zero-order valence-electron chi connectivity index (χ0n) is 20.9. The van der Waals surface area contributed by atoms with Crippen molar-refractivity contribution < 1.29 is 14.3 Å². The largest absolute Gasteiger partial charge is 0.497 e. The van der Waals surface area contributed by atoms with Crippen LogP contribution in [0.3, 0.4) is 0 Å². The number of fused-ring (bicyclic) bond motifs is 4. The number of methoxy groups -OCH3 is 1. The first-order valence-corrected chi connectivity index (χ1v) is 12.5. The lowest BCUT2D eigenvalue weighted by atomic mass is 9.89. The van der Waals surface area contributed by atoms with E-state index in [9.17, 15) is 9.59 Å². The molecule has 3 aromatic rings. The number of carbonyl (C=O) groups excluding carboxylic acids is 2. The molecule has 1 atom stereocenters. The number of allylic oxidation sites excluding steroid dienone is 4. The molecular formula is C32H31NO3. The van der Waals surface area contributed by atoms with Gasteiger partial charge in [0.15, 0.2) is 0 Å². The fourth-order valence-electron chi connectivity index (χ4n) is 5.33. The molecule has 0 spiro atoms. The van der Waals surface area contributed by atoms with Crippen molar-refractivity contribution in [2.45, 2.75) is 32.1 Å². The quantitative estimate of drug-likeness (QED) is 0.466. The summed E-state index contributed by atoms with van der Waals surface area (Å²) < 4.78 is 5.25. The van der Waals surface area contributed by atoms with Gasteiger partial charge in [-0.3, -0.25) is 9.59 Å². The van der Waals surface area contributed by atoms with Crippen LogP contribution in [0.2, 0.25) is 0 Å². The molecule has 5 rings (SSSR count). The number of nitrogens with zero attached hydrogens (tertiary/aromatic N) is 1. The molecule has 2 bridgehead atoms. The first-order chi connectivity index (χ1) is 17.5. The lowest BCUT2D eigenvalue weighted by molar-refractivity contribution is -0.127. The van der Waals surface area contributed by atoms with Crippen molar-refractivity contribution in [3.63, 3.8) is 0 Å². The van der Waals surface area contributed by atoms with Crippen LogP contribution in [-0.2, 0) is 28.9 Å². The number of Topliss-reactive ketones (excluding diaryl/α,β-unsaturated/α-hetero) is 1. The van der Waals surface area contributed by atoms with Gasteiger partial charge < -0.3 is 9.64 Å². The van der Waals surface area contributed by atoms with Gasteiger partial charge in [-0.1, -0.05) is 60.7 Å². The third-order valence-electron chi connectivity index (χ3n) is 7.24. The molecule has 4 nitrogen and oxygen atoms in total. The SMILES string of the molecule is COc1ccc(N(C)C(=O)[C@H]2CC(=O)CC3=C(/C=C/Cc4cccc(c4)C2)Cc2ccccc23)cc1. The summed E-state index contributed by atoms with van der Waals surface area (Å²) in [7, 11) is 3.40. The molecule has 3 aromatic carbocycles. The number of ketones is 1. The fraction of sp³-hybridized carbons (Fsp3) is 0.250. The van der Waals surface area contributed by atoms with Gasteiger partial charge in [-0.15, -0.1) is 0 Å². The third-order valence-corrected chi connectivity index (χ3v) is 7.24. The van der Waals surface area contributed by atoms with Gasteiger partial charge in [-0.2, -0.15) is 0 Å². The maximum atomic E-state index is 13.7. The van der Waals surface area contributed by atoms with Gasteiger partial charge in [0.1, 0.15) is 11.5 Å². The van der Waals surface area contributed by atoms with Crippen molar-refractivity contribution in [1.82, 2.24) is 0 Å². The second-order valence-electron chi connectivity index (χ2n) is 9.68. The summed E-state index contributed by atoms with van der Waals surface area (Å²) >= 11 is 0. The molecular weight excluding hydrogens is 446 g/mol. The maximum absolute atomic E-state index is 13.7. The van der Waals surface area contributed by atoms with Gasteiger partial charge in [0.05, 0.1) is 7.11 Å². The molecule has 0 radical (unpaired) electrons. The van der Waals surface area contributed by atoms with Crippen molar-refractivity contribution in [2.75, 3.05) is 19.1 Å². The molecule has 1 amide bonds. The highest BCUT2D eigenvalue weighted by Crippen LogP contribution is 2.37. The zero-order chi connectivity index (χ0) is 25.1. The zero-order valence-corrected chi connectivity index (χ0v) is 20.9. The minimum Gasteiger partial charge on any atom is -0.497 e. The minimum absolute atomic E-state index is 0.0482. The standard InChI is InChI=1S/C32H31NO3/c1-33(27-13-15-29(36-2)16-14-27)32(35)26-18-23-9-5-7-22(17-23)8-6-11-25-19-24-10-3-4-12-30(24)31(25)21-28(34)20-26/h3-7,9-17,26H,8,18-21H2,1-2H3/b11-6+/t26-/m1/s1. The van der Waals surface area contributed by atoms with Crippen molar-refractivity contribution in [3.05, 3.63) is 113 Å². The van der Waals surface area contributed by atoms with Crippen molar-refractivity contribution >= 4 is 23.0 Å². The van der Waals surface area contributed by atoms with E-state index in [1.807, 2.05) is 36.4 Å². The molecule has 0 N–H and O–H groups in total. The lowest BCUT2D eigenvalue weighted by Crippen LogP contribution is -2.35. The summed E-state index contributed by atoms with van der Waals surface area (Å²) in [4.78, 5) is 28.9. The number of ether oxygens (including phenoxy) is 1. The van der Waals surface area contributed by atoms with Crippen molar-refractivity contribution in [2.24, 2.45) is 5.92 Å². The van der Waals surface area contributed by atoms with E-state index >= 15 is 0 Å². The van der Waals surface area contributed by atoms with Gasteiger partial charge in [0.25, 0.3) is 0 Å². The van der Waals surface area contributed by atoms with E-state index in [4.69, 9.17) is 4.74 Å². The Labute approximate surface area is 212 Å². The molecule has 0 unspecified atom stereocenters. The van der Waals surface area contributed by atoms with Crippen LogP contribution in [0.25, 0.3) is 5.57 Å². The van der Waals surface area contributed by atoms with E-state index < -0.39 is 5.92 Å². The summed E-state index contributed by atoms with van der Waals surface area (Å²) in [5, 5.41) is 0. The van der Waals surface area contributed by atoms with E-state index in [-0.39, 0.29) is 18.1 Å². The van der Waals surface area contributed by atoms with Crippen LogP contribution < -0.4 is 9.64 Å². The fourth-order valence-corrected chi connectivity index (χ4v) is 5.33. The molecule has 4 heteroatoms. The van der Waals surface area contributed by atoms with E-state index in [0.29, 0.717) is 12.8 Å². The Balaban J connectivity index is 1.47. The van der Waals surface area contributed by atoms with Crippen LogP contribution in [0.4, 0.5) is 5.69 Å². The molecule has 0 heterocycles. The first-order valence-electron chi connectivity index (χ1n) is 12.5. The van der Waals surface area contributed by atoms with Crippen LogP contribution in [0.5, 0.6) is 5.75 Å². The second kappa shape index (κ2) is 10.4. The van der Waals surface area contributed by atoms with E-state index in [2.05, 4.69) is 48.6 Å². The van der Waals surface area contributed by atoms with E-state index in [1.54, 1.807) is 19.1 Å². The predicted molar refractivity (Wildman–Crippen MR) is 144 cm³/mol. The van der Waals surface area contributed by atoms with Crippen molar-refractivity contribution in [3.8, 4) is 5.75 Å². The van der Waals surface area contributed by atoms with Gasteiger partial charge >= 0.3 is 0 Å². The Morgan fingerprint density at radius 3 is 2.50 bits per heavy atom. The Hall–Kier alpha value is -3.92. The molecule has 0 saturated heterocycles. The number of amides is 1. The summed E-state index contributed by atoms with van der Waals surface area (Å²) in [6.45, 7) is 0. The number of benzene rings is 3.